The zero-order chi connectivity index (χ0) is 19.5. The lowest BCUT2D eigenvalue weighted by Crippen LogP contribution is -2.15. The molecule has 26 heavy (non-hydrogen) atoms. The summed E-state index contributed by atoms with van der Waals surface area (Å²) < 4.78 is 44.4. The van der Waals surface area contributed by atoms with Gasteiger partial charge in [0.15, 0.2) is 0 Å². The number of amides is 1. The minimum absolute atomic E-state index is 0.0342. The Kier molecular flexibility index (Phi) is 5.54. The molecule has 0 spiro atoms. The molecular formula is C18H17F3N2O3. The number of hydrogen-bond donors (Lipinski definition) is 2. The van der Waals surface area contributed by atoms with E-state index in [4.69, 9.17) is 5.73 Å². The number of ether oxygens (including phenoxy) is 1. The molecule has 0 fully saturated rings. The minimum Gasteiger partial charge on any atom is -0.461 e. The maximum Gasteiger partial charge on any atom is 0.416 e. The predicted octanol–water partition coefficient (Wildman–Crippen LogP) is 3.91. The van der Waals surface area contributed by atoms with Crippen molar-refractivity contribution in [3.05, 3.63) is 58.7 Å². The first-order valence-corrected chi connectivity index (χ1v) is 7.59. The van der Waals surface area contributed by atoms with Crippen molar-refractivity contribution in [3.8, 4) is 0 Å². The molecule has 0 heterocycles. The Morgan fingerprint density at radius 3 is 2.42 bits per heavy atom. The van der Waals surface area contributed by atoms with Crippen molar-refractivity contribution < 1.29 is 27.5 Å². The summed E-state index contributed by atoms with van der Waals surface area (Å²) in [6.07, 6.45) is -4.66. The zero-order valence-corrected chi connectivity index (χ0v) is 14.1. The van der Waals surface area contributed by atoms with Gasteiger partial charge in [-0.1, -0.05) is 12.1 Å². The Balaban J connectivity index is 2.27. The smallest absolute Gasteiger partial charge is 0.416 e. The van der Waals surface area contributed by atoms with Crippen LogP contribution in [0.25, 0.3) is 0 Å². The van der Waals surface area contributed by atoms with Crippen molar-refractivity contribution >= 4 is 23.3 Å². The monoisotopic (exact) mass is 366 g/mol. The number of hydrogen-bond acceptors (Lipinski definition) is 4. The summed E-state index contributed by atoms with van der Waals surface area (Å²) in [5, 5.41) is 2.41. The summed E-state index contributed by atoms with van der Waals surface area (Å²) in [6.45, 7) is 2.37. The van der Waals surface area contributed by atoms with E-state index >= 15 is 0 Å². The number of anilines is 2. The Morgan fingerprint density at radius 2 is 1.85 bits per heavy atom. The van der Waals surface area contributed by atoms with Gasteiger partial charge in [0.25, 0.3) is 5.91 Å². The Hall–Kier alpha value is -3.03. The fourth-order valence-electron chi connectivity index (χ4n) is 2.21. The van der Waals surface area contributed by atoms with E-state index in [-0.39, 0.29) is 16.8 Å². The number of halogens is 3. The van der Waals surface area contributed by atoms with E-state index in [0.29, 0.717) is 5.69 Å². The molecule has 2 rings (SSSR count). The number of carbonyl (C=O) groups is 2. The zero-order valence-electron chi connectivity index (χ0n) is 14.1. The van der Waals surface area contributed by atoms with Crippen LogP contribution in [0.5, 0.6) is 0 Å². The van der Waals surface area contributed by atoms with Crippen LogP contribution in [0.2, 0.25) is 0 Å². The minimum atomic E-state index is -4.66. The van der Waals surface area contributed by atoms with Crippen molar-refractivity contribution in [1.29, 1.82) is 0 Å². The number of carbonyl (C=O) groups excluding carboxylic acids is 2. The fourth-order valence-corrected chi connectivity index (χ4v) is 2.21. The molecule has 0 saturated heterocycles. The van der Waals surface area contributed by atoms with Crippen LogP contribution in [0.15, 0.2) is 36.4 Å². The molecule has 3 N–H and O–H groups in total. The third kappa shape index (κ3) is 4.75. The standard InChI is InChI=1S/C18H17F3N2O3/c1-10-3-4-12(7-16(10)22)17(25)23-14-6-5-13(9-26-11(2)24)15(8-14)18(19,20)21/h3-8H,9,22H2,1-2H3,(H,23,25). The molecule has 2 aromatic carbocycles. The van der Waals surface area contributed by atoms with Crippen molar-refractivity contribution in [1.82, 2.24) is 0 Å². The van der Waals surface area contributed by atoms with Crippen molar-refractivity contribution in [2.75, 3.05) is 11.1 Å². The highest BCUT2D eigenvalue weighted by Crippen LogP contribution is 2.34. The number of nitrogens with one attached hydrogen (secondary N) is 1. The van der Waals surface area contributed by atoms with Crippen LogP contribution in [0.1, 0.15) is 34.0 Å². The molecule has 0 aliphatic rings. The molecule has 0 aliphatic heterocycles. The Morgan fingerprint density at radius 1 is 1.15 bits per heavy atom. The molecule has 0 atom stereocenters. The van der Waals surface area contributed by atoms with Crippen molar-refractivity contribution in [2.24, 2.45) is 0 Å². The summed E-state index contributed by atoms with van der Waals surface area (Å²) in [6, 6.07) is 7.89. The topological polar surface area (TPSA) is 81.4 Å². The number of esters is 1. The lowest BCUT2D eigenvalue weighted by Gasteiger charge is -2.15. The number of rotatable bonds is 4. The Bertz CT molecular complexity index is 848. The van der Waals surface area contributed by atoms with E-state index in [2.05, 4.69) is 10.1 Å². The maximum absolute atomic E-state index is 13.2. The number of alkyl halides is 3. The van der Waals surface area contributed by atoms with Gasteiger partial charge in [0.1, 0.15) is 6.61 Å². The van der Waals surface area contributed by atoms with Gasteiger partial charge in [-0.2, -0.15) is 13.2 Å². The second-order valence-electron chi connectivity index (χ2n) is 5.68. The van der Waals surface area contributed by atoms with Crippen molar-refractivity contribution in [3.63, 3.8) is 0 Å². The largest absolute Gasteiger partial charge is 0.461 e. The average molecular weight is 366 g/mol. The molecule has 0 aromatic heterocycles. The van der Waals surface area contributed by atoms with Crippen LogP contribution in [-0.2, 0) is 22.3 Å². The van der Waals surface area contributed by atoms with E-state index in [1.165, 1.54) is 18.2 Å². The maximum atomic E-state index is 13.2. The van der Waals surface area contributed by atoms with Gasteiger partial charge < -0.3 is 15.8 Å². The number of nitrogens with two attached hydrogens (primary N) is 1. The van der Waals surface area contributed by atoms with E-state index in [0.717, 1.165) is 24.6 Å². The molecule has 2 aromatic rings. The van der Waals surface area contributed by atoms with Gasteiger partial charge in [-0.15, -0.1) is 0 Å². The molecule has 0 saturated carbocycles. The first-order valence-electron chi connectivity index (χ1n) is 7.59. The molecule has 0 radical (unpaired) electrons. The molecule has 1 amide bonds. The average Bonchev–Trinajstić information content (AvgIpc) is 2.55. The summed E-state index contributed by atoms with van der Waals surface area (Å²) in [7, 11) is 0. The molecule has 0 bridgehead atoms. The molecule has 0 aliphatic carbocycles. The molecule has 5 nitrogen and oxygen atoms in total. The van der Waals surface area contributed by atoms with Crippen LogP contribution in [0, 0.1) is 6.92 Å². The first-order chi connectivity index (χ1) is 12.1. The van der Waals surface area contributed by atoms with Crippen molar-refractivity contribution in [2.45, 2.75) is 26.6 Å². The molecule has 8 heteroatoms. The van der Waals surface area contributed by atoms with Crippen LogP contribution >= 0.6 is 0 Å². The van der Waals surface area contributed by atoms with Crippen LogP contribution in [-0.4, -0.2) is 11.9 Å². The second-order valence-corrected chi connectivity index (χ2v) is 5.68. The predicted molar refractivity (Wildman–Crippen MR) is 90.5 cm³/mol. The molecule has 138 valence electrons. The van der Waals surface area contributed by atoms with E-state index < -0.39 is 30.2 Å². The summed E-state index contributed by atoms with van der Waals surface area (Å²) >= 11 is 0. The van der Waals surface area contributed by atoms with Crippen LogP contribution in [0.3, 0.4) is 0 Å². The first kappa shape index (κ1) is 19.3. The van der Waals surface area contributed by atoms with Gasteiger partial charge in [0, 0.05) is 29.4 Å². The van der Waals surface area contributed by atoms with Gasteiger partial charge in [-0.25, -0.2) is 0 Å². The summed E-state index contributed by atoms with van der Waals surface area (Å²) in [5.41, 5.74) is 5.94. The fraction of sp³-hybridized carbons (Fsp3) is 0.222. The van der Waals surface area contributed by atoms with E-state index in [1.54, 1.807) is 13.0 Å². The SMILES string of the molecule is CC(=O)OCc1ccc(NC(=O)c2ccc(C)c(N)c2)cc1C(F)(F)F. The van der Waals surface area contributed by atoms with Gasteiger partial charge >= 0.3 is 12.1 Å². The third-order valence-electron chi connectivity index (χ3n) is 3.65. The van der Waals surface area contributed by atoms with Gasteiger partial charge in [-0.3, -0.25) is 9.59 Å². The number of aryl methyl sites for hydroxylation is 1. The number of benzene rings is 2. The highest BCUT2D eigenvalue weighted by atomic mass is 19.4. The number of nitrogen functional groups attached to an aromatic ring is 1. The lowest BCUT2D eigenvalue weighted by atomic mass is 10.1. The quantitative estimate of drug-likeness (QED) is 0.635. The highest BCUT2D eigenvalue weighted by Gasteiger charge is 2.34. The normalized spacial score (nSPS) is 11.1. The van der Waals surface area contributed by atoms with Gasteiger partial charge in [0.2, 0.25) is 0 Å². The van der Waals surface area contributed by atoms with Crippen LogP contribution in [0.4, 0.5) is 24.5 Å². The van der Waals surface area contributed by atoms with Gasteiger partial charge in [-0.05, 0) is 36.8 Å². The van der Waals surface area contributed by atoms with Gasteiger partial charge in [0.05, 0.1) is 5.56 Å². The molecule has 0 unspecified atom stereocenters. The lowest BCUT2D eigenvalue weighted by molar-refractivity contribution is -0.145. The summed E-state index contributed by atoms with van der Waals surface area (Å²) in [4.78, 5) is 23.0. The highest BCUT2D eigenvalue weighted by molar-refractivity contribution is 6.04. The molecular weight excluding hydrogens is 349 g/mol. The summed E-state index contributed by atoms with van der Waals surface area (Å²) in [5.74, 6) is -1.27. The van der Waals surface area contributed by atoms with Crippen LogP contribution < -0.4 is 11.1 Å². The Labute approximate surface area is 148 Å². The second kappa shape index (κ2) is 7.47. The third-order valence-corrected chi connectivity index (χ3v) is 3.65. The van der Waals surface area contributed by atoms with E-state index in [9.17, 15) is 22.8 Å². The van der Waals surface area contributed by atoms with E-state index in [1.807, 2.05) is 0 Å².